The van der Waals surface area contributed by atoms with E-state index in [2.05, 4.69) is 38.2 Å². The van der Waals surface area contributed by atoms with Gasteiger partial charge < -0.3 is 16.0 Å². The Bertz CT molecular complexity index is 531. The summed E-state index contributed by atoms with van der Waals surface area (Å²) < 4.78 is 0. The van der Waals surface area contributed by atoms with Crippen molar-refractivity contribution in [1.29, 1.82) is 0 Å². The number of aryl methyl sites for hydroxylation is 3. The zero-order chi connectivity index (χ0) is 13.8. The quantitative estimate of drug-likeness (QED) is 0.804. The highest BCUT2D eigenvalue weighted by molar-refractivity contribution is 5.75. The smallest absolute Gasteiger partial charge is 0.315 e. The number of primary amides is 1. The first-order valence-electron chi connectivity index (χ1n) is 6.83. The number of benzene rings is 1. The van der Waals surface area contributed by atoms with Crippen molar-refractivity contribution in [1.82, 2.24) is 10.2 Å². The van der Waals surface area contributed by atoms with Crippen molar-refractivity contribution in [3.63, 3.8) is 0 Å². The average molecular weight is 259 g/mol. The van der Waals surface area contributed by atoms with E-state index in [1.165, 1.54) is 22.3 Å². The first-order chi connectivity index (χ1) is 8.94. The maximum atomic E-state index is 11.8. The number of nitrogens with zero attached hydrogens (tertiary/aromatic N) is 1. The topological polar surface area (TPSA) is 58.4 Å². The fourth-order valence-corrected chi connectivity index (χ4v) is 4.14. The molecule has 3 N–H and O–H groups in total. The minimum atomic E-state index is -0.302. The molecule has 1 aromatic rings. The molecule has 0 saturated carbocycles. The van der Waals surface area contributed by atoms with Crippen LogP contribution in [0.25, 0.3) is 0 Å². The van der Waals surface area contributed by atoms with E-state index in [0.717, 1.165) is 19.5 Å². The van der Waals surface area contributed by atoms with Crippen LogP contribution in [0.3, 0.4) is 0 Å². The molecule has 19 heavy (non-hydrogen) atoms. The molecule has 2 saturated heterocycles. The van der Waals surface area contributed by atoms with Crippen LogP contribution in [-0.2, 0) is 5.54 Å². The molecule has 3 rings (SSSR count). The van der Waals surface area contributed by atoms with E-state index in [1.807, 2.05) is 4.90 Å². The van der Waals surface area contributed by atoms with Gasteiger partial charge in [-0.25, -0.2) is 4.79 Å². The summed E-state index contributed by atoms with van der Waals surface area (Å²) in [5.74, 6) is 0. The maximum absolute atomic E-state index is 11.8. The Hall–Kier alpha value is -1.55. The lowest BCUT2D eigenvalue weighted by Gasteiger charge is -2.40. The van der Waals surface area contributed by atoms with E-state index in [0.29, 0.717) is 6.04 Å². The Kier molecular flexibility index (Phi) is 2.61. The number of amides is 2. The first kappa shape index (κ1) is 12.5. The molecule has 0 spiro atoms. The lowest BCUT2D eigenvalue weighted by Crippen LogP contribution is -2.55. The van der Waals surface area contributed by atoms with Crippen LogP contribution < -0.4 is 11.1 Å². The van der Waals surface area contributed by atoms with Gasteiger partial charge in [0.1, 0.15) is 0 Å². The van der Waals surface area contributed by atoms with Crippen molar-refractivity contribution in [2.45, 2.75) is 38.8 Å². The Morgan fingerprint density at radius 2 is 2.00 bits per heavy atom. The number of piperazine rings is 1. The van der Waals surface area contributed by atoms with E-state index in [1.54, 1.807) is 0 Å². The average Bonchev–Trinajstić information content (AvgIpc) is 2.84. The van der Waals surface area contributed by atoms with Gasteiger partial charge >= 0.3 is 6.03 Å². The van der Waals surface area contributed by atoms with Crippen molar-refractivity contribution in [2.75, 3.05) is 13.1 Å². The van der Waals surface area contributed by atoms with E-state index < -0.39 is 0 Å². The van der Waals surface area contributed by atoms with Crippen molar-refractivity contribution < 1.29 is 4.79 Å². The van der Waals surface area contributed by atoms with Crippen LogP contribution in [0.4, 0.5) is 4.79 Å². The van der Waals surface area contributed by atoms with Gasteiger partial charge in [-0.05, 0) is 43.9 Å². The largest absolute Gasteiger partial charge is 0.351 e. The normalized spacial score (nSPS) is 29.0. The molecular weight excluding hydrogens is 238 g/mol. The number of carbonyl (C=O) groups is 1. The maximum Gasteiger partial charge on any atom is 0.315 e. The molecule has 0 radical (unpaired) electrons. The number of urea groups is 1. The Morgan fingerprint density at radius 3 is 2.53 bits per heavy atom. The summed E-state index contributed by atoms with van der Waals surface area (Å²) in [6.45, 7) is 7.91. The third kappa shape index (κ3) is 1.66. The highest BCUT2D eigenvalue weighted by Gasteiger charge is 2.54. The second kappa shape index (κ2) is 3.97. The Labute approximate surface area is 114 Å². The molecule has 0 aliphatic carbocycles. The molecule has 2 atom stereocenters. The van der Waals surface area contributed by atoms with E-state index in [-0.39, 0.29) is 11.6 Å². The zero-order valence-corrected chi connectivity index (χ0v) is 11.8. The third-order valence-electron chi connectivity index (χ3n) is 4.60. The Balaban J connectivity index is 2.17. The van der Waals surface area contributed by atoms with Crippen molar-refractivity contribution in [2.24, 2.45) is 5.73 Å². The third-order valence-corrected chi connectivity index (χ3v) is 4.60. The van der Waals surface area contributed by atoms with Crippen LogP contribution in [0.2, 0.25) is 0 Å². The molecule has 4 heteroatoms. The molecule has 102 valence electrons. The van der Waals surface area contributed by atoms with Crippen LogP contribution >= 0.6 is 0 Å². The van der Waals surface area contributed by atoms with Crippen molar-refractivity contribution in [3.05, 3.63) is 34.4 Å². The van der Waals surface area contributed by atoms with Gasteiger partial charge in [0, 0.05) is 19.1 Å². The molecule has 2 heterocycles. The molecule has 2 aliphatic rings. The van der Waals surface area contributed by atoms with Gasteiger partial charge in [-0.1, -0.05) is 17.7 Å². The summed E-state index contributed by atoms with van der Waals surface area (Å²) in [5.41, 5.74) is 10.4. The molecule has 2 amide bonds. The van der Waals surface area contributed by atoms with E-state index in [9.17, 15) is 4.79 Å². The number of nitrogens with two attached hydrogens (primary N) is 1. The number of likely N-dealkylation sites (tertiary alicyclic amines) is 1. The molecule has 2 aliphatic heterocycles. The second-order valence-corrected chi connectivity index (χ2v) is 6.04. The van der Waals surface area contributed by atoms with Gasteiger partial charge in [0.15, 0.2) is 0 Å². The highest BCUT2D eigenvalue weighted by atomic mass is 16.2. The van der Waals surface area contributed by atoms with E-state index in [4.69, 9.17) is 5.73 Å². The molecule has 2 unspecified atom stereocenters. The minimum absolute atomic E-state index is 0.238. The number of carbonyl (C=O) groups excluding carboxylic acids is 1. The SMILES string of the molecule is Cc1cc(C)c(C23CNC(CN2C(N)=O)C3)c(C)c1. The van der Waals surface area contributed by atoms with Crippen LogP contribution in [0.15, 0.2) is 12.1 Å². The van der Waals surface area contributed by atoms with Crippen LogP contribution in [0.5, 0.6) is 0 Å². The number of fused-ring (bicyclic) bond motifs is 2. The molecule has 1 aromatic carbocycles. The second-order valence-electron chi connectivity index (χ2n) is 6.04. The van der Waals surface area contributed by atoms with E-state index >= 15 is 0 Å². The fourth-order valence-electron chi connectivity index (χ4n) is 4.14. The molecule has 4 nitrogen and oxygen atoms in total. The summed E-state index contributed by atoms with van der Waals surface area (Å²) >= 11 is 0. The summed E-state index contributed by atoms with van der Waals surface area (Å²) in [7, 11) is 0. The predicted octanol–water partition coefficient (Wildman–Crippen LogP) is 1.56. The van der Waals surface area contributed by atoms with Gasteiger partial charge in [-0.2, -0.15) is 0 Å². The number of hydrogen-bond acceptors (Lipinski definition) is 2. The summed E-state index contributed by atoms with van der Waals surface area (Å²) in [6.07, 6.45) is 0.973. The van der Waals surface area contributed by atoms with Gasteiger partial charge in [0.2, 0.25) is 0 Å². The lowest BCUT2D eigenvalue weighted by atomic mass is 9.82. The monoisotopic (exact) mass is 259 g/mol. The van der Waals surface area contributed by atoms with Gasteiger partial charge in [-0.3, -0.25) is 0 Å². The van der Waals surface area contributed by atoms with Crippen LogP contribution in [0.1, 0.15) is 28.7 Å². The fraction of sp³-hybridized carbons (Fsp3) is 0.533. The number of nitrogens with one attached hydrogen (secondary N) is 1. The summed E-state index contributed by atoms with van der Waals surface area (Å²) in [6, 6.07) is 4.47. The predicted molar refractivity (Wildman–Crippen MR) is 75.0 cm³/mol. The first-order valence-corrected chi connectivity index (χ1v) is 6.83. The molecule has 0 aromatic heterocycles. The van der Waals surface area contributed by atoms with Gasteiger partial charge in [0.05, 0.1) is 5.54 Å². The van der Waals surface area contributed by atoms with Crippen LogP contribution in [-0.4, -0.2) is 30.1 Å². The molecular formula is C15H21N3O. The van der Waals surface area contributed by atoms with Crippen molar-refractivity contribution >= 4 is 6.03 Å². The minimum Gasteiger partial charge on any atom is -0.351 e. The van der Waals surface area contributed by atoms with Gasteiger partial charge in [-0.15, -0.1) is 0 Å². The highest BCUT2D eigenvalue weighted by Crippen LogP contribution is 2.45. The summed E-state index contributed by atoms with van der Waals surface area (Å²) in [4.78, 5) is 13.6. The van der Waals surface area contributed by atoms with Crippen molar-refractivity contribution in [3.8, 4) is 0 Å². The van der Waals surface area contributed by atoms with Gasteiger partial charge in [0.25, 0.3) is 0 Å². The van der Waals surface area contributed by atoms with Crippen LogP contribution in [0, 0.1) is 20.8 Å². The lowest BCUT2D eigenvalue weighted by molar-refractivity contribution is 0.145. The molecule has 2 fully saturated rings. The standard InChI is InChI=1S/C15H21N3O/c1-9-4-10(2)13(11(3)5-9)15-6-12(17-8-15)7-18(15)14(16)19/h4-5,12,17H,6-8H2,1-3H3,(H2,16,19). The number of hydrogen-bond donors (Lipinski definition) is 2. The molecule has 2 bridgehead atoms. The Morgan fingerprint density at radius 1 is 1.37 bits per heavy atom. The zero-order valence-electron chi connectivity index (χ0n) is 11.8. The summed E-state index contributed by atoms with van der Waals surface area (Å²) in [5, 5.41) is 3.50. The number of rotatable bonds is 1.